The number of benzene rings is 2. The van der Waals surface area contributed by atoms with Gasteiger partial charge in [0.1, 0.15) is 0 Å². The summed E-state index contributed by atoms with van der Waals surface area (Å²) in [5.41, 5.74) is 1.78. The normalized spacial score (nSPS) is 11.0. The first-order valence-corrected chi connectivity index (χ1v) is 11.7. The number of amides is 1. The number of nitrogens with one attached hydrogen (secondary N) is 1. The minimum atomic E-state index is -0.246. The van der Waals surface area contributed by atoms with Crippen molar-refractivity contribution in [3.63, 3.8) is 0 Å². The second-order valence-corrected chi connectivity index (χ2v) is 9.22. The summed E-state index contributed by atoms with van der Waals surface area (Å²) in [6, 6.07) is 16.5. The Morgan fingerprint density at radius 3 is 2.26 bits per heavy atom. The molecule has 0 heterocycles. The predicted molar refractivity (Wildman–Crippen MR) is 107 cm³/mol. The fraction of sp³-hybridized carbons (Fsp3) is 0.364. The molecule has 0 fully saturated rings. The Hall–Kier alpha value is -1.89. The van der Waals surface area contributed by atoms with Crippen LogP contribution in [0.3, 0.4) is 0 Å². The minimum absolute atomic E-state index is 0.0918. The van der Waals surface area contributed by atoms with Crippen LogP contribution in [0, 0.1) is 7.14 Å². The number of hydrogen-bond donors (Lipinski definition) is 1. The van der Waals surface area contributed by atoms with E-state index in [1.807, 2.05) is 24.3 Å². The molecule has 1 amide bonds. The van der Waals surface area contributed by atoms with Crippen LogP contribution in [0.5, 0.6) is 0 Å². The molecule has 0 aromatic heterocycles. The number of ether oxygens (including phenoxy) is 1. The molecule has 0 radical (unpaired) electrons. The van der Waals surface area contributed by atoms with Gasteiger partial charge in [0.2, 0.25) is 0 Å². The van der Waals surface area contributed by atoms with Crippen LogP contribution in [-0.4, -0.2) is 18.9 Å². The SMILES string of the molecule is CCCCOC=Nc1ccc([I-]c2ccc(NC(=O)CCCC)cc2)cc1. The van der Waals surface area contributed by atoms with Crippen molar-refractivity contribution in [2.75, 3.05) is 11.9 Å². The topological polar surface area (TPSA) is 50.7 Å². The molecule has 0 aliphatic carbocycles. The van der Waals surface area contributed by atoms with Crippen LogP contribution in [-0.2, 0) is 9.53 Å². The molecule has 0 unspecified atom stereocenters. The number of aliphatic imine (C=N–C) groups is 1. The van der Waals surface area contributed by atoms with E-state index < -0.39 is 0 Å². The molecule has 1 N–H and O–H groups in total. The standard InChI is InChI=1S/C22H28IN2O2/c1-3-5-7-22(26)25-21-14-10-19(11-15-21)23-18-8-12-20(13-9-18)24-17-27-16-6-4-2/h8-15,17H,3-7,16H2,1-2H3,(H,25,26)/q-1. The van der Waals surface area contributed by atoms with Gasteiger partial charge >= 0.3 is 173 Å². The van der Waals surface area contributed by atoms with Gasteiger partial charge < -0.3 is 0 Å². The zero-order chi connectivity index (χ0) is 19.3. The Morgan fingerprint density at radius 2 is 1.63 bits per heavy atom. The number of halogens is 1. The van der Waals surface area contributed by atoms with E-state index in [9.17, 15) is 4.79 Å². The van der Waals surface area contributed by atoms with E-state index >= 15 is 0 Å². The molecule has 5 heteroatoms. The molecule has 4 nitrogen and oxygen atoms in total. The van der Waals surface area contributed by atoms with Crippen molar-refractivity contribution in [1.82, 2.24) is 0 Å². The van der Waals surface area contributed by atoms with E-state index in [-0.39, 0.29) is 27.1 Å². The van der Waals surface area contributed by atoms with Crippen molar-refractivity contribution in [2.24, 2.45) is 4.99 Å². The molecule has 0 aliphatic heterocycles. The number of anilines is 1. The molecule has 2 aromatic rings. The van der Waals surface area contributed by atoms with Crippen molar-refractivity contribution in [1.29, 1.82) is 0 Å². The van der Waals surface area contributed by atoms with Crippen molar-refractivity contribution in [3.8, 4) is 0 Å². The predicted octanol–water partition coefficient (Wildman–Crippen LogP) is 2.42. The summed E-state index contributed by atoms with van der Waals surface area (Å²) in [7, 11) is 0. The number of nitrogens with zero attached hydrogens (tertiary/aromatic N) is 1. The van der Waals surface area contributed by atoms with Crippen LogP contribution in [0.1, 0.15) is 46.0 Å². The monoisotopic (exact) mass is 479 g/mol. The first kappa shape index (κ1) is 21.4. The molecular formula is C22H28IN2O2-. The van der Waals surface area contributed by atoms with Gasteiger partial charge in [0, 0.05) is 0 Å². The van der Waals surface area contributed by atoms with E-state index in [4.69, 9.17) is 4.74 Å². The van der Waals surface area contributed by atoms with Gasteiger partial charge in [-0.15, -0.1) is 0 Å². The van der Waals surface area contributed by atoms with Gasteiger partial charge in [0.25, 0.3) is 0 Å². The van der Waals surface area contributed by atoms with Crippen LogP contribution in [0.2, 0.25) is 0 Å². The summed E-state index contributed by atoms with van der Waals surface area (Å²) >= 11 is -0.246. The summed E-state index contributed by atoms with van der Waals surface area (Å²) in [5, 5.41) is 2.95. The molecule has 0 atom stereocenters. The van der Waals surface area contributed by atoms with E-state index in [0.717, 1.165) is 43.7 Å². The molecule has 0 spiro atoms. The summed E-state index contributed by atoms with van der Waals surface area (Å²) in [4.78, 5) is 16.1. The van der Waals surface area contributed by atoms with Crippen LogP contribution in [0.15, 0.2) is 53.5 Å². The van der Waals surface area contributed by atoms with E-state index in [1.54, 1.807) is 0 Å². The second-order valence-electron chi connectivity index (χ2n) is 6.19. The first-order chi connectivity index (χ1) is 13.2. The van der Waals surface area contributed by atoms with Crippen LogP contribution >= 0.6 is 0 Å². The Kier molecular flexibility index (Phi) is 9.90. The summed E-state index contributed by atoms with van der Waals surface area (Å²) in [5.74, 6) is 0.0918. The first-order valence-electron chi connectivity index (χ1n) is 9.50. The fourth-order valence-electron chi connectivity index (χ4n) is 2.25. The molecule has 0 saturated carbocycles. The number of unbranched alkanes of at least 4 members (excludes halogenated alkanes) is 2. The zero-order valence-electron chi connectivity index (χ0n) is 16.1. The van der Waals surface area contributed by atoms with Gasteiger partial charge in [-0.1, -0.05) is 0 Å². The Balaban J connectivity index is 1.83. The van der Waals surface area contributed by atoms with Crippen LogP contribution in [0.4, 0.5) is 11.4 Å². The summed E-state index contributed by atoms with van der Waals surface area (Å²) in [6.45, 7) is 4.95. The van der Waals surface area contributed by atoms with Gasteiger partial charge in [0.05, 0.1) is 0 Å². The summed E-state index contributed by atoms with van der Waals surface area (Å²) < 4.78 is 8.00. The number of carbonyl (C=O) groups excluding carboxylic acids is 1. The zero-order valence-corrected chi connectivity index (χ0v) is 18.2. The van der Waals surface area contributed by atoms with Gasteiger partial charge in [-0.2, -0.15) is 0 Å². The van der Waals surface area contributed by atoms with Crippen molar-refractivity contribution >= 4 is 23.7 Å². The fourth-order valence-corrected chi connectivity index (χ4v) is 4.41. The summed E-state index contributed by atoms with van der Waals surface area (Å²) in [6.07, 6.45) is 6.26. The van der Waals surface area contributed by atoms with Crippen LogP contribution in [0.25, 0.3) is 0 Å². The molecule has 0 aliphatic rings. The average Bonchev–Trinajstić information content (AvgIpc) is 2.69. The number of rotatable bonds is 11. The molecule has 2 aromatic carbocycles. The van der Waals surface area contributed by atoms with E-state index in [1.165, 1.54) is 13.5 Å². The number of carbonyl (C=O) groups is 1. The van der Waals surface area contributed by atoms with Crippen LogP contribution < -0.4 is 26.5 Å². The maximum absolute atomic E-state index is 11.8. The Bertz CT molecular complexity index is 712. The Morgan fingerprint density at radius 1 is 1.00 bits per heavy atom. The quantitative estimate of drug-likeness (QED) is 0.233. The Labute approximate surface area is 172 Å². The van der Waals surface area contributed by atoms with Crippen molar-refractivity contribution in [3.05, 3.63) is 55.7 Å². The third-order valence-electron chi connectivity index (χ3n) is 3.82. The average molecular weight is 479 g/mol. The van der Waals surface area contributed by atoms with Gasteiger partial charge in [-0.3, -0.25) is 0 Å². The van der Waals surface area contributed by atoms with Crippen molar-refractivity contribution in [2.45, 2.75) is 46.0 Å². The maximum atomic E-state index is 11.8. The molecule has 0 bridgehead atoms. The molecule has 2 rings (SSSR count). The second kappa shape index (κ2) is 12.5. The van der Waals surface area contributed by atoms with E-state index in [2.05, 4.69) is 48.4 Å². The van der Waals surface area contributed by atoms with Gasteiger partial charge in [0.15, 0.2) is 0 Å². The number of hydrogen-bond acceptors (Lipinski definition) is 3. The molecular weight excluding hydrogens is 451 g/mol. The molecule has 27 heavy (non-hydrogen) atoms. The van der Waals surface area contributed by atoms with E-state index in [0.29, 0.717) is 6.42 Å². The van der Waals surface area contributed by atoms with Gasteiger partial charge in [-0.25, -0.2) is 0 Å². The molecule has 146 valence electrons. The molecule has 0 saturated heterocycles. The third-order valence-corrected chi connectivity index (χ3v) is 6.51. The van der Waals surface area contributed by atoms with Gasteiger partial charge in [-0.05, 0) is 0 Å². The third kappa shape index (κ3) is 8.56. The van der Waals surface area contributed by atoms with Crippen molar-refractivity contribution < 1.29 is 30.7 Å².